The molecule has 17 heavy (non-hydrogen) atoms. The van der Waals surface area contributed by atoms with Crippen LogP contribution in [0.4, 0.5) is 0 Å². The highest BCUT2D eigenvalue weighted by atomic mass is 15.1. The summed E-state index contributed by atoms with van der Waals surface area (Å²) in [6, 6.07) is 8.75. The molecule has 1 saturated heterocycles. The minimum absolute atomic E-state index is 0.204. The van der Waals surface area contributed by atoms with E-state index in [-0.39, 0.29) is 5.41 Å². The SMILES string of the molecule is Cc1ccccc1C1(CN)CCCN(C)CC1. The van der Waals surface area contributed by atoms with Crippen molar-refractivity contribution in [2.24, 2.45) is 5.73 Å². The Labute approximate surface area is 105 Å². The summed E-state index contributed by atoms with van der Waals surface area (Å²) in [4.78, 5) is 2.43. The minimum atomic E-state index is 0.204. The van der Waals surface area contributed by atoms with Crippen LogP contribution in [-0.2, 0) is 5.41 Å². The van der Waals surface area contributed by atoms with Crippen molar-refractivity contribution in [3.8, 4) is 0 Å². The van der Waals surface area contributed by atoms with Crippen LogP contribution in [0.5, 0.6) is 0 Å². The fourth-order valence-electron chi connectivity index (χ4n) is 3.08. The van der Waals surface area contributed by atoms with E-state index in [4.69, 9.17) is 5.73 Å². The normalized spacial score (nSPS) is 26.8. The number of aryl methyl sites for hydroxylation is 1. The molecule has 1 heterocycles. The number of likely N-dealkylation sites (tertiary alicyclic amines) is 1. The van der Waals surface area contributed by atoms with Gasteiger partial charge in [0, 0.05) is 12.0 Å². The highest BCUT2D eigenvalue weighted by Crippen LogP contribution is 2.36. The highest BCUT2D eigenvalue weighted by molar-refractivity contribution is 5.34. The van der Waals surface area contributed by atoms with Gasteiger partial charge in [-0.2, -0.15) is 0 Å². The van der Waals surface area contributed by atoms with Gasteiger partial charge in [0.2, 0.25) is 0 Å². The van der Waals surface area contributed by atoms with Crippen LogP contribution in [0.2, 0.25) is 0 Å². The molecular formula is C15H24N2. The quantitative estimate of drug-likeness (QED) is 0.848. The van der Waals surface area contributed by atoms with E-state index in [1.54, 1.807) is 0 Å². The maximum Gasteiger partial charge on any atom is 0.00907 e. The molecule has 1 aromatic carbocycles. The van der Waals surface area contributed by atoms with Crippen LogP contribution in [0.3, 0.4) is 0 Å². The summed E-state index contributed by atoms with van der Waals surface area (Å²) in [7, 11) is 2.21. The van der Waals surface area contributed by atoms with Gasteiger partial charge in [-0.15, -0.1) is 0 Å². The lowest BCUT2D eigenvalue weighted by Gasteiger charge is -2.33. The lowest BCUT2D eigenvalue weighted by molar-refractivity contribution is 0.328. The Bertz CT molecular complexity index is 375. The van der Waals surface area contributed by atoms with Crippen molar-refractivity contribution < 1.29 is 0 Å². The van der Waals surface area contributed by atoms with Gasteiger partial charge in [0.1, 0.15) is 0 Å². The molecule has 0 aromatic heterocycles. The van der Waals surface area contributed by atoms with E-state index in [0.29, 0.717) is 0 Å². The van der Waals surface area contributed by atoms with Crippen LogP contribution < -0.4 is 5.73 Å². The number of nitrogens with zero attached hydrogens (tertiary/aromatic N) is 1. The monoisotopic (exact) mass is 232 g/mol. The molecule has 1 aromatic rings. The zero-order valence-electron chi connectivity index (χ0n) is 11.1. The fourth-order valence-corrected chi connectivity index (χ4v) is 3.08. The minimum Gasteiger partial charge on any atom is -0.330 e. The smallest absolute Gasteiger partial charge is 0.00907 e. The van der Waals surface area contributed by atoms with Crippen LogP contribution in [-0.4, -0.2) is 31.6 Å². The molecule has 0 bridgehead atoms. The van der Waals surface area contributed by atoms with Gasteiger partial charge in [0.05, 0.1) is 0 Å². The average molecular weight is 232 g/mol. The van der Waals surface area contributed by atoms with Gasteiger partial charge < -0.3 is 10.6 Å². The van der Waals surface area contributed by atoms with E-state index in [9.17, 15) is 0 Å². The van der Waals surface area contributed by atoms with Crippen molar-refractivity contribution in [3.63, 3.8) is 0 Å². The first-order valence-electron chi connectivity index (χ1n) is 6.63. The van der Waals surface area contributed by atoms with Gasteiger partial charge in [0.25, 0.3) is 0 Å². The molecule has 1 aliphatic rings. The zero-order valence-corrected chi connectivity index (χ0v) is 11.1. The Morgan fingerprint density at radius 1 is 1.24 bits per heavy atom. The summed E-state index contributed by atoms with van der Waals surface area (Å²) >= 11 is 0. The fraction of sp³-hybridized carbons (Fsp3) is 0.600. The van der Waals surface area contributed by atoms with Crippen LogP contribution >= 0.6 is 0 Å². The molecule has 2 N–H and O–H groups in total. The zero-order chi connectivity index (χ0) is 12.3. The Morgan fingerprint density at radius 2 is 2.00 bits per heavy atom. The molecule has 1 fully saturated rings. The maximum atomic E-state index is 6.14. The molecule has 2 heteroatoms. The van der Waals surface area contributed by atoms with E-state index in [1.807, 2.05) is 0 Å². The van der Waals surface area contributed by atoms with Gasteiger partial charge in [-0.05, 0) is 57.5 Å². The summed E-state index contributed by atoms with van der Waals surface area (Å²) in [5, 5.41) is 0. The molecule has 0 amide bonds. The molecule has 2 nitrogen and oxygen atoms in total. The Morgan fingerprint density at radius 3 is 2.71 bits per heavy atom. The maximum absolute atomic E-state index is 6.14. The van der Waals surface area contributed by atoms with Crippen LogP contribution in [0.15, 0.2) is 24.3 Å². The second kappa shape index (κ2) is 5.19. The first-order valence-corrected chi connectivity index (χ1v) is 6.63. The van der Waals surface area contributed by atoms with Crippen molar-refractivity contribution in [2.45, 2.75) is 31.6 Å². The van der Waals surface area contributed by atoms with Gasteiger partial charge >= 0.3 is 0 Å². The van der Waals surface area contributed by atoms with E-state index in [0.717, 1.165) is 13.1 Å². The third-order valence-corrected chi connectivity index (χ3v) is 4.27. The van der Waals surface area contributed by atoms with Crippen molar-refractivity contribution in [2.75, 3.05) is 26.7 Å². The molecular weight excluding hydrogens is 208 g/mol. The molecule has 1 atom stereocenters. The third-order valence-electron chi connectivity index (χ3n) is 4.27. The number of hydrogen-bond acceptors (Lipinski definition) is 2. The van der Waals surface area contributed by atoms with Gasteiger partial charge in [-0.1, -0.05) is 24.3 Å². The Hall–Kier alpha value is -0.860. The summed E-state index contributed by atoms with van der Waals surface area (Å²) in [5.74, 6) is 0. The molecule has 2 rings (SSSR count). The summed E-state index contributed by atoms with van der Waals surface area (Å²) < 4.78 is 0. The number of benzene rings is 1. The molecule has 1 unspecified atom stereocenters. The van der Waals surface area contributed by atoms with E-state index in [1.165, 1.54) is 36.9 Å². The molecule has 94 valence electrons. The average Bonchev–Trinajstić information content (AvgIpc) is 2.53. The van der Waals surface area contributed by atoms with Crippen LogP contribution in [0, 0.1) is 6.92 Å². The van der Waals surface area contributed by atoms with Crippen molar-refractivity contribution in [3.05, 3.63) is 35.4 Å². The number of nitrogens with two attached hydrogens (primary N) is 1. The molecule has 0 radical (unpaired) electrons. The standard InChI is InChI=1S/C15H24N2/c1-13-6-3-4-7-14(13)15(12-16)8-5-10-17(2)11-9-15/h3-4,6-7H,5,8-12,16H2,1-2H3. The molecule has 0 aliphatic carbocycles. The predicted molar refractivity (Wildman–Crippen MR) is 73.3 cm³/mol. The van der Waals surface area contributed by atoms with Gasteiger partial charge in [0.15, 0.2) is 0 Å². The van der Waals surface area contributed by atoms with E-state index >= 15 is 0 Å². The summed E-state index contributed by atoms with van der Waals surface area (Å²) in [6.45, 7) is 5.34. The second-order valence-electron chi connectivity index (χ2n) is 5.46. The largest absolute Gasteiger partial charge is 0.330 e. The van der Waals surface area contributed by atoms with Gasteiger partial charge in [-0.25, -0.2) is 0 Å². The summed E-state index contributed by atoms with van der Waals surface area (Å²) in [6.07, 6.45) is 3.66. The van der Waals surface area contributed by atoms with E-state index < -0.39 is 0 Å². The first-order chi connectivity index (χ1) is 8.18. The van der Waals surface area contributed by atoms with Crippen molar-refractivity contribution in [1.82, 2.24) is 4.90 Å². The number of rotatable bonds is 2. The molecule has 1 aliphatic heterocycles. The third kappa shape index (κ3) is 2.53. The first kappa shape index (κ1) is 12.6. The van der Waals surface area contributed by atoms with E-state index in [2.05, 4.69) is 43.1 Å². The van der Waals surface area contributed by atoms with Crippen LogP contribution in [0.25, 0.3) is 0 Å². The highest BCUT2D eigenvalue weighted by Gasteiger charge is 2.33. The predicted octanol–water partition coefficient (Wildman–Crippen LogP) is 2.31. The topological polar surface area (TPSA) is 29.3 Å². The van der Waals surface area contributed by atoms with Crippen molar-refractivity contribution >= 4 is 0 Å². The Balaban J connectivity index is 2.33. The second-order valence-corrected chi connectivity index (χ2v) is 5.46. The van der Waals surface area contributed by atoms with Gasteiger partial charge in [-0.3, -0.25) is 0 Å². The molecule has 0 spiro atoms. The van der Waals surface area contributed by atoms with Crippen LogP contribution in [0.1, 0.15) is 30.4 Å². The Kier molecular flexibility index (Phi) is 3.85. The summed E-state index contributed by atoms with van der Waals surface area (Å²) in [5.41, 5.74) is 9.20. The lowest BCUT2D eigenvalue weighted by atomic mass is 9.73. The van der Waals surface area contributed by atoms with Crippen molar-refractivity contribution in [1.29, 1.82) is 0 Å². The number of hydrogen-bond donors (Lipinski definition) is 1. The lowest BCUT2D eigenvalue weighted by Crippen LogP contribution is -2.36. The molecule has 0 saturated carbocycles.